The third-order valence-electron chi connectivity index (χ3n) is 2.54. The summed E-state index contributed by atoms with van der Waals surface area (Å²) in [5.74, 6) is -0.246. The molecule has 0 amide bonds. The van der Waals surface area contributed by atoms with E-state index in [9.17, 15) is 4.39 Å². The van der Waals surface area contributed by atoms with E-state index in [1.165, 1.54) is 23.5 Å². The Morgan fingerprint density at radius 3 is 2.65 bits per heavy atom. The van der Waals surface area contributed by atoms with Crippen LogP contribution < -0.4 is 5.73 Å². The number of nitrogens with two attached hydrogens (primary N) is 1. The minimum Gasteiger partial charge on any atom is -0.320 e. The Kier molecular flexibility index (Phi) is 3.88. The molecule has 0 aliphatic heterocycles. The molecular formula is C12H10BrClFNS. The lowest BCUT2D eigenvalue weighted by Gasteiger charge is -2.12. The van der Waals surface area contributed by atoms with Crippen molar-refractivity contribution in [2.45, 2.75) is 13.0 Å². The molecule has 1 atom stereocenters. The van der Waals surface area contributed by atoms with Crippen molar-refractivity contribution in [2.75, 3.05) is 0 Å². The Balaban J connectivity index is 2.39. The van der Waals surface area contributed by atoms with Gasteiger partial charge in [-0.1, -0.05) is 17.7 Å². The highest BCUT2D eigenvalue weighted by molar-refractivity contribution is 9.11. The zero-order valence-corrected chi connectivity index (χ0v) is 12.2. The van der Waals surface area contributed by atoms with E-state index in [1.807, 2.05) is 13.0 Å². The van der Waals surface area contributed by atoms with Crippen LogP contribution >= 0.6 is 38.9 Å². The summed E-state index contributed by atoms with van der Waals surface area (Å²) in [6.45, 7) is 1.85. The largest absolute Gasteiger partial charge is 0.320 e. The monoisotopic (exact) mass is 333 g/mol. The molecular weight excluding hydrogens is 325 g/mol. The molecule has 17 heavy (non-hydrogen) atoms. The van der Waals surface area contributed by atoms with Crippen molar-refractivity contribution < 1.29 is 4.39 Å². The molecule has 1 aromatic carbocycles. The first-order chi connectivity index (χ1) is 7.99. The van der Waals surface area contributed by atoms with Crippen LogP contribution in [-0.4, -0.2) is 0 Å². The zero-order valence-electron chi connectivity index (χ0n) is 9.01. The van der Waals surface area contributed by atoms with Crippen molar-refractivity contribution in [2.24, 2.45) is 5.73 Å². The number of aryl methyl sites for hydroxylation is 1. The average Bonchev–Trinajstić information content (AvgIpc) is 2.58. The van der Waals surface area contributed by atoms with Gasteiger partial charge in [0.25, 0.3) is 0 Å². The van der Waals surface area contributed by atoms with Gasteiger partial charge in [-0.2, -0.15) is 0 Å². The summed E-state index contributed by atoms with van der Waals surface area (Å²) in [6.07, 6.45) is 0. The van der Waals surface area contributed by atoms with Crippen LogP contribution in [0.2, 0.25) is 5.02 Å². The number of thiophene rings is 1. The topological polar surface area (TPSA) is 26.0 Å². The van der Waals surface area contributed by atoms with Gasteiger partial charge in [0, 0.05) is 4.88 Å². The first-order valence-corrected chi connectivity index (χ1v) is 6.94. The third kappa shape index (κ3) is 2.71. The van der Waals surface area contributed by atoms with Crippen LogP contribution in [0.3, 0.4) is 0 Å². The second-order valence-corrected chi connectivity index (χ2v) is 6.56. The molecule has 0 fully saturated rings. The van der Waals surface area contributed by atoms with Crippen molar-refractivity contribution in [1.29, 1.82) is 0 Å². The van der Waals surface area contributed by atoms with Gasteiger partial charge in [-0.15, -0.1) is 11.3 Å². The van der Waals surface area contributed by atoms with Gasteiger partial charge in [-0.3, -0.25) is 0 Å². The fourth-order valence-electron chi connectivity index (χ4n) is 1.66. The number of hydrogen-bond acceptors (Lipinski definition) is 2. The Hall–Kier alpha value is -0.420. The number of hydrogen-bond donors (Lipinski definition) is 1. The van der Waals surface area contributed by atoms with E-state index in [-0.39, 0.29) is 11.9 Å². The molecule has 0 saturated carbocycles. The van der Waals surface area contributed by atoms with Gasteiger partial charge < -0.3 is 5.73 Å². The van der Waals surface area contributed by atoms with E-state index in [2.05, 4.69) is 15.9 Å². The maximum absolute atomic E-state index is 13.0. The summed E-state index contributed by atoms with van der Waals surface area (Å²) in [6, 6.07) is 6.19. The molecule has 5 heteroatoms. The van der Waals surface area contributed by atoms with Gasteiger partial charge in [0.2, 0.25) is 0 Å². The van der Waals surface area contributed by atoms with E-state index in [4.69, 9.17) is 17.3 Å². The molecule has 1 nitrogen and oxygen atoms in total. The molecule has 0 saturated heterocycles. The maximum atomic E-state index is 13.0. The molecule has 1 aromatic heterocycles. The van der Waals surface area contributed by atoms with Crippen molar-refractivity contribution in [1.82, 2.24) is 0 Å². The van der Waals surface area contributed by atoms with Gasteiger partial charge >= 0.3 is 0 Å². The van der Waals surface area contributed by atoms with Crippen LogP contribution in [0, 0.1) is 12.7 Å². The predicted octanol–water partition coefficient (Wildman–Crippen LogP) is 4.66. The SMILES string of the molecule is Cc1cc(F)ccc1C(N)c1cc(Cl)c(Br)s1. The second-order valence-electron chi connectivity index (χ2n) is 3.75. The van der Waals surface area contributed by atoms with E-state index in [1.54, 1.807) is 6.07 Å². The first kappa shape index (κ1) is 13.0. The predicted molar refractivity (Wildman–Crippen MR) is 74.2 cm³/mol. The number of rotatable bonds is 2. The second kappa shape index (κ2) is 5.06. The van der Waals surface area contributed by atoms with Crippen molar-refractivity contribution in [3.63, 3.8) is 0 Å². The Labute approximate surface area is 117 Å². The molecule has 0 aliphatic rings. The Bertz CT molecular complexity index is 536. The molecule has 2 aromatic rings. The van der Waals surface area contributed by atoms with Gasteiger partial charge in [0.05, 0.1) is 14.9 Å². The van der Waals surface area contributed by atoms with Crippen LogP contribution in [0.15, 0.2) is 28.1 Å². The third-order valence-corrected chi connectivity index (χ3v) is 5.10. The van der Waals surface area contributed by atoms with Crippen LogP contribution in [0.25, 0.3) is 0 Å². The fourth-order valence-corrected chi connectivity index (χ4v) is 3.43. The minimum absolute atomic E-state index is 0.246. The van der Waals surface area contributed by atoms with Gasteiger partial charge in [-0.25, -0.2) is 4.39 Å². The molecule has 90 valence electrons. The summed E-state index contributed by atoms with van der Waals surface area (Å²) < 4.78 is 13.9. The normalized spacial score (nSPS) is 12.8. The molecule has 0 bridgehead atoms. The van der Waals surface area contributed by atoms with Crippen molar-refractivity contribution in [3.05, 3.63) is 54.9 Å². The lowest BCUT2D eigenvalue weighted by Crippen LogP contribution is -2.11. The molecule has 2 rings (SSSR count). The Morgan fingerprint density at radius 2 is 2.12 bits per heavy atom. The lowest BCUT2D eigenvalue weighted by atomic mass is 10.0. The molecule has 1 unspecified atom stereocenters. The van der Waals surface area contributed by atoms with E-state index in [0.717, 1.165) is 19.8 Å². The lowest BCUT2D eigenvalue weighted by molar-refractivity contribution is 0.625. The zero-order chi connectivity index (χ0) is 12.6. The van der Waals surface area contributed by atoms with Crippen molar-refractivity contribution >= 4 is 38.9 Å². The quantitative estimate of drug-likeness (QED) is 0.849. The van der Waals surface area contributed by atoms with Gasteiger partial charge in [-0.05, 0) is 52.2 Å². The van der Waals surface area contributed by atoms with Gasteiger partial charge in [0.1, 0.15) is 5.82 Å². The highest BCUT2D eigenvalue weighted by Crippen LogP contribution is 2.37. The summed E-state index contributed by atoms with van der Waals surface area (Å²) in [7, 11) is 0. The molecule has 1 heterocycles. The number of benzene rings is 1. The highest BCUT2D eigenvalue weighted by Gasteiger charge is 2.16. The molecule has 0 radical (unpaired) electrons. The van der Waals surface area contributed by atoms with Crippen LogP contribution in [0.5, 0.6) is 0 Å². The van der Waals surface area contributed by atoms with Crippen LogP contribution in [0.4, 0.5) is 4.39 Å². The summed E-state index contributed by atoms with van der Waals surface area (Å²) in [4.78, 5) is 0.955. The summed E-state index contributed by atoms with van der Waals surface area (Å²) >= 11 is 10.8. The van der Waals surface area contributed by atoms with Crippen molar-refractivity contribution in [3.8, 4) is 0 Å². The van der Waals surface area contributed by atoms with E-state index in [0.29, 0.717) is 5.02 Å². The standard InChI is InChI=1S/C12H10BrClFNS/c1-6-4-7(15)2-3-8(6)11(16)10-5-9(14)12(13)17-10/h2-5,11H,16H2,1H3. The average molecular weight is 335 g/mol. The van der Waals surface area contributed by atoms with E-state index < -0.39 is 0 Å². The molecule has 0 spiro atoms. The van der Waals surface area contributed by atoms with Gasteiger partial charge in [0.15, 0.2) is 0 Å². The minimum atomic E-state index is -0.274. The maximum Gasteiger partial charge on any atom is 0.123 e. The van der Waals surface area contributed by atoms with Crippen LogP contribution in [-0.2, 0) is 0 Å². The van der Waals surface area contributed by atoms with E-state index >= 15 is 0 Å². The first-order valence-electron chi connectivity index (χ1n) is 4.95. The summed E-state index contributed by atoms with van der Waals surface area (Å²) in [5.41, 5.74) is 7.92. The number of halogens is 3. The molecule has 0 aliphatic carbocycles. The summed E-state index contributed by atoms with van der Waals surface area (Å²) in [5, 5.41) is 0.653. The fraction of sp³-hybridized carbons (Fsp3) is 0.167. The highest BCUT2D eigenvalue weighted by atomic mass is 79.9. The Morgan fingerprint density at radius 1 is 1.41 bits per heavy atom. The molecule has 2 N–H and O–H groups in total. The smallest absolute Gasteiger partial charge is 0.123 e. The van der Waals surface area contributed by atoms with Crippen LogP contribution in [0.1, 0.15) is 22.0 Å².